The maximum Gasteiger partial charge on any atom is 0.256 e. The maximum atomic E-state index is 13.5. The van der Waals surface area contributed by atoms with Crippen molar-refractivity contribution in [3.8, 4) is 11.3 Å². The lowest BCUT2D eigenvalue weighted by molar-refractivity contribution is 0.102. The number of fused-ring (bicyclic) bond motifs is 1. The number of aryl methyl sites for hydroxylation is 3. The minimum Gasteiger partial charge on any atom is -0.322 e. The first-order valence-electron chi connectivity index (χ1n) is 10.3. The van der Waals surface area contributed by atoms with Crippen molar-refractivity contribution in [3.63, 3.8) is 0 Å². The van der Waals surface area contributed by atoms with Gasteiger partial charge in [-0.15, -0.1) is 0 Å². The largest absolute Gasteiger partial charge is 0.322 e. The highest BCUT2D eigenvalue weighted by atomic mass is 79.9. The van der Waals surface area contributed by atoms with Gasteiger partial charge in [-0.05, 0) is 75.6 Å². The van der Waals surface area contributed by atoms with Crippen molar-refractivity contribution in [2.75, 3.05) is 5.32 Å². The number of aromatic nitrogens is 1. The second-order valence-electron chi connectivity index (χ2n) is 8.20. The highest BCUT2D eigenvalue weighted by Crippen LogP contribution is 2.30. The normalized spacial score (nSPS) is 11.0. The van der Waals surface area contributed by atoms with E-state index in [2.05, 4.69) is 58.5 Å². The molecule has 3 nitrogen and oxygen atoms in total. The number of anilines is 1. The molecule has 1 N–H and O–H groups in total. The quantitative estimate of drug-likeness (QED) is 0.336. The van der Waals surface area contributed by atoms with Crippen LogP contribution >= 0.6 is 15.9 Å². The molecule has 0 saturated heterocycles. The van der Waals surface area contributed by atoms with Crippen molar-refractivity contribution in [3.05, 3.63) is 92.5 Å². The summed E-state index contributed by atoms with van der Waals surface area (Å²) in [4.78, 5) is 18.4. The monoisotopic (exact) mass is 472 g/mol. The zero-order valence-corrected chi connectivity index (χ0v) is 20.0. The van der Waals surface area contributed by atoms with Crippen LogP contribution in [-0.2, 0) is 0 Å². The van der Waals surface area contributed by atoms with E-state index in [9.17, 15) is 4.79 Å². The summed E-state index contributed by atoms with van der Waals surface area (Å²) in [5.74, 6) is -0.129. The van der Waals surface area contributed by atoms with E-state index in [4.69, 9.17) is 4.98 Å². The Morgan fingerprint density at radius 1 is 0.839 bits per heavy atom. The van der Waals surface area contributed by atoms with Gasteiger partial charge in [0.05, 0.1) is 16.8 Å². The fourth-order valence-electron chi connectivity index (χ4n) is 3.85. The molecule has 4 aromatic rings. The Morgan fingerprint density at radius 3 is 2.26 bits per heavy atom. The van der Waals surface area contributed by atoms with Crippen LogP contribution in [0.5, 0.6) is 0 Å². The Balaban J connectivity index is 1.88. The Morgan fingerprint density at radius 2 is 1.55 bits per heavy atom. The molecule has 1 heterocycles. The topological polar surface area (TPSA) is 42.0 Å². The zero-order chi connectivity index (χ0) is 22.3. The Kier molecular flexibility index (Phi) is 5.67. The molecule has 1 amide bonds. The molecular formula is C27H25BrN2O. The van der Waals surface area contributed by atoms with E-state index < -0.39 is 0 Å². The number of nitrogens with zero attached hydrogens (tertiary/aromatic N) is 1. The van der Waals surface area contributed by atoms with Crippen LogP contribution < -0.4 is 5.32 Å². The highest BCUT2D eigenvalue weighted by Gasteiger charge is 2.17. The summed E-state index contributed by atoms with van der Waals surface area (Å²) in [6.45, 7) is 10.2. The van der Waals surface area contributed by atoms with Crippen LogP contribution in [0, 0.1) is 34.6 Å². The molecule has 156 valence electrons. The first-order valence-corrected chi connectivity index (χ1v) is 11.1. The van der Waals surface area contributed by atoms with Crippen LogP contribution in [0.1, 0.15) is 38.2 Å². The molecular weight excluding hydrogens is 448 g/mol. The van der Waals surface area contributed by atoms with Gasteiger partial charge in [0.2, 0.25) is 0 Å². The van der Waals surface area contributed by atoms with Gasteiger partial charge in [0, 0.05) is 21.1 Å². The Bertz CT molecular complexity index is 1320. The third kappa shape index (κ3) is 4.13. The number of hydrogen-bond acceptors (Lipinski definition) is 2. The van der Waals surface area contributed by atoms with Crippen molar-refractivity contribution in [1.82, 2.24) is 4.98 Å². The number of amides is 1. The van der Waals surface area contributed by atoms with Crippen LogP contribution in [0.2, 0.25) is 0 Å². The van der Waals surface area contributed by atoms with Gasteiger partial charge in [-0.2, -0.15) is 0 Å². The van der Waals surface area contributed by atoms with Gasteiger partial charge >= 0.3 is 0 Å². The second-order valence-corrected chi connectivity index (χ2v) is 9.05. The molecule has 31 heavy (non-hydrogen) atoms. The van der Waals surface area contributed by atoms with Crippen molar-refractivity contribution >= 4 is 38.4 Å². The fraction of sp³-hybridized carbons (Fsp3) is 0.185. The Labute approximate surface area is 191 Å². The predicted molar refractivity (Wildman–Crippen MR) is 133 cm³/mol. The smallest absolute Gasteiger partial charge is 0.256 e. The average Bonchev–Trinajstić information content (AvgIpc) is 2.74. The molecule has 0 unspecified atom stereocenters. The van der Waals surface area contributed by atoms with Gasteiger partial charge in [0.1, 0.15) is 0 Å². The number of hydrogen-bond donors (Lipinski definition) is 1. The molecule has 1 aromatic heterocycles. The van der Waals surface area contributed by atoms with E-state index in [1.165, 1.54) is 5.56 Å². The van der Waals surface area contributed by atoms with Crippen molar-refractivity contribution in [2.45, 2.75) is 34.6 Å². The molecule has 0 atom stereocenters. The average molecular weight is 473 g/mol. The zero-order valence-electron chi connectivity index (χ0n) is 18.4. The minimum atomic E-state index is -0.129. The van der Waals surface area contributed by atoms with Crippen LogP contribution in [0.3, 0.4) is 0 Å². The second kappa shape index (κ2) is 8.27. The van der Waals surface area contributed by atoms with E-state index in [1.54, 1.807) is 0 Å². The van der Waals surface area contributed by atoms with Gasteiger partial charge in [0.15, 0.2) is 0 Å². The number of halogens is 1. The molecule has 0 aliphatic rings. The van der Waals surface area contributed by atoms with Gasteiger partial charge in [-0.1, -0.05) is 57.4 Å². The highest BCUT2D eigenvalue weighted by molar-refractivity contribution is 9.10. The van der Waals surface area contributed by atoms with Gasteiger partial charge in [0.25, 0.3) is 5.91 Å². The first-order chi connectivity index (χ1) is 14.7. The van der Waals surface area contributed by atoms with Crippen LogP contribution in [0.4, 0.5) is 5.69 Å². The summed E-state index contributed by atoms with van der Waals surface area (Å²) in [5, 5.41) is 4.00. The van der Waals surface area contributed by atoms with Crippen molar-refractivity contribution in [2.24, 2.45) is 0 Å². The molecule has 0 spiro atoms. The number of carbonyl (C=O) groups excluding carboxylic acids is 1. The molecule has 4 rings (SSSR count). The molecule has 0 saturated carbocycles. The van der Waals surface area contributed by atoms with E-state index in [0.29, 0.717) is 5.56 Å². The number of rotatable bonds is 3. The summed E-state index contributed by atoms with van der Waals surface area (Å²) in [6, 6.07) is 18.2. The standard InChI is InChI=1S/C27H25BrN2O/c1-15-6-8-20(9-7-15)25-14-22(21-13-16(2)12-17(3)26(21)29-25)27(31)30-24-11-10-23(28)18(4)19(24)5/h6-14H,1-5H3,(H,30,31). The van der Waals surface area contributed by atoms with E-state index in [0.717, 1.165) is 54.6 Å². The molecule has 0 fully saturated rings. The number of nitrogens with one attached hydrogen (secondary N) is 1. The fourth-order valence-corrected chi connectivity index (χ4v) is 4.28. The summed E-state index contributed by atoms with van der Waals surface area (Å²) < 4.78 is 1.03. The van der Waals surface area contributed by atoms with Crippen molar-refractivity contribution < 1.29 is 4.79 Å². The van der Waals surface area contributed by atoms with Gasteiger partial charge < -0.3 is 5.32 Å². The summed E-state index contributed by atoms with van der Waals surface area (Å²) in [5.41, 5.74) is 9.63. The van der Waals surface area contributed by atoms with E-state index >= 15 is 0 Å². The molecule has 0 bridgehead atoms. The minimum absolute atomic E-state index is 0.129. The van der Waals surface area contributed by atoms with Gasteiger partial charge in [-0.25, -0.2) is 4.98 Å². The van der Waals surface area contributed by atoms with Crippen LogP contribution in [0.15, 0.2) is 59.1 Å². The van der Waals surface area contributed by atoms with Crippen molar-refractivity contribution in [1.29, 1.82) is 0 Å². The maximum absolute atomic E-state index is 13.5. The Hall–Kier alpha value is -2.98. The molecule has 3 aromatic carbocycles. The molecule has 0 aliphatic heterocycles. The summed E-state index contributed by atoms with van der Waals surface area (Å²) in [6.07, 6.45) is 0. The number of carbonyl (C=O) groups is 1. The molecule has 0 radical (unpaired) electrons. The van der Waals surface area contributed by atoms with Crippen LogP contribution in [-0.4, -0.2) is 10.9 Å². The number of pyridine rings is 1. The first kappa shape index (κ1) is 21.3. The molecule has 0 aliphatic carbocycles. The van der Waals surface area contributed by atoms with Gasteiger partial charge in [-0.3, -0.25) is 4.79 Å². The summed E-state index contributed by atoms with van der Waals surface area (Å²) >= 11 is 3.56. The lowest BCUT2D eigenvalue weighted by Gasteiger charge is -2.15. The number of benzene rings is 3. The van der Waals surface area contributed by atoms with E-state index in [1.807, 2.05) is 52.0 Å². The SMILES string of the molecule is Cc1ccc(-c2cc(C(=O)Nc3ccc(Br)c(C)c3C)c3cc(C)cc(C)c3n2)cc1. The van der Waals surface area contributed by atoms with E-state index in [-0.39, 0.29) is 5.91 Å². The lowest BCUT2D eigenvalue weighted by atomic mass is 9.98. The molecule has 4 heteroatoms. The summed E-state index contributed by atoms with van der Waals surface area (Å²) in [7, 11) is 0. The third-order valence-electron chi connectivity index (χ3n) is 5.81. The van der Waals surface area contributed by atoms with Crippen LogP contribution in [0.25, 0.3) is 22.2 Å². The lowest BCUT2D eigenvalue weighted by Crippen LogP contribution is -2.14. The predicted octanol–water partition coefficient (Wildman–Crippen LogP) is 7.46. The third-order valence-corrected chi connectivity index (χ3v) is 6.67.